The predicted octanol–water partition coefficient (Wildman–Crippen LogP) is 3.07. The van der Waals surface area contributed by atoms with Gasteiger partial charge in [0.05, 0.1) is 23.7 Å². The number of nitrogens with zero attached hydrogens (tertiary/aromatic N) is 3. The lowest BCUT2D eigenvalue weighted by Crippen LogP contribution is -2.11. The summed E-state index contributed by atoms with van der Waals surface area (Å²) in [6.45, 7) is 1.89. The second-order valence-electron chi connectivity index (χ2n) is 4.31. The summed E-state index contributed by atoms with van der Waals surface area (Å²) in [5, 5.41) is 2.76. The summed E-state index contributed by atoms with van der Waals surface area (Å²) in [7, 11) is 0. The summed E-state index contributed by atoms with van der Waals surface area (Å²) in [6.07, 6.45) is 6.45. The van der Waals surface area contributed by atoms with E-state index < -0.39 is 0 Å². The van der Waals surface area contributed by atoms with Gasteiger partial charge >= 0.3 is 0 Å². The van der Waals surface area contributed by atoms with E-state index in [0.29, 0.717) is 5.69 Å². The van der Waals surface area contributed by atoms with Crippen LogP contribution in [-0.4, -0.2) is 20.4 Å². The molecule has 0 bridgehead atoms. The number of anilines is 1. The van der Waals surface area contributed by atoms with Crippen molar-refractivity contribution in [1.29, 1.82) is 0 Å². The molecule has 1 amide bonds. The number of imidazole rings is 1. The minimum absolute atomic E-state index is 0.0612. The Labute approximate surface area is 125 Å². The minimum atomic E-state index is -0.345. The Morgan fingerprint density at radius 1 is 1.33 bits per heavy atom. The molecule has 0 spiro atoms. The number of aryl methyl sites for hydroxylation is 1. The van der Waals surface area contributed by atoms with Crippen molar-refractivity contribution in [2.24, 2.45) is 0 Å². The van der Waals surface area contributed by atoms with Gasteiger partial charge in [0.15, 0.2) is 0 Å². The molecular formula is C14H11ClN4O2. The molecule has 0 radical (unpaired) electrons. The van der Waals surface area contributed by atoms with E-state index in [-0.39, 0.29) is 16.7 Å². The van der Waals surface area contributed by atoms with E-state index in [2.05, 4.69) is 15.3 Å². The van der Waals surface area contributed by atoms with E-state index in [9.17, 15) is 4.79 Å². The molecule has 0 aliphatic rings. The number of halogens is 1. The summed E-state index contributed by atoms with van der Waals surface area (Å²) in [4.78, 5) is 20.4. The van der Waals surface area contributed by atoms with Gasteiger partial charge in [-0.05, 0) is 36.7 Å². The molecular weight excluding hydrogens is 292 g/mol. The Morgan fingerprint density at radius 3 is 2.76 bits per heavy atom. The summed E-state index contributed by atoms with van der Waals surface area (Å²) < 4.78 is 6.73. The van der Waals surface area contributed by atoms with Crippen molar-refractivity contribution in [3.05, 3.63) is 59.7 Å². The fourth-order valence-corrected chi connectivity index (χ4v) is 2.08. The van der Waals surface area contributed by atoms with Gasteiger partial charge in [-0.15, -0.1) is 0 Å². The zero-order valence-electron chi connectivity index (χ0n) is 11.1. The maximum Gasteiger partial charge on any atom is 0.260 e. The third-order valence-corrected chi connectivity index (χ3v) is 3.23. The molecule has 1 N–H and O–H groups in total. The summed E-state index contributed by atoms with van der Waals surface area (Å²) in [5.74, 6) is 1.22. The highest BCUT2D eigenvalue weighted by atomic mass is 35.5. The first-order valence-corrected chi connectivity index (χ1v) is 6.53. The molecule has 0 aliphatic heterocycles. The molecule has 0 aliphatic carbocycles. The van der Waals surface area contributed by atoms with Crippen molar-refractivity contribution in [3.8, 4) is 5.82 Å². The van der Waals surface area contributed by atoms with Crippen molar-refractivity contribution in [1.82, 2.24) is 14.5 Å². The van der Waals surface area contributed by atoms with E-state index in [0.717, 1.165) is 11.6 Å². The van der Waals surface area contributed by atoms with Crippen molar-refractivity contribution < 1.29 is 9.21 Å². The minimum Gasteiger partial charge on any atom is -0.452 e. The highest BCUT2D eigenvalue weighted by molar-refractivity contribution is 6.32. The maximum absolute atomic E-state index is 12.0. The van der Waals surface area contributed by atoms with Gasteiger partial charge in [0.2, 0.25) is 5.22 Å². The van der Waals surface area contributed by atoms with E-state index in [4.69, 9.17) is 16.0 Å². The Bertz CT molecular complexity index is 776. The zero-order valence-corrected chi connectivity index (χ0v) is 11.8. The molecule has 7 heteroatoms. The van der Waals surface area contributed by atoms with Crippen LogP contribution >= 0.6 is 11.6 Å². The van der Waals surface area contributed by atoms with Gasteiger partial charge in [0.1, 0.15) is 11.6 Å². The van der Waals surface area contributed by atoms with E-state index in [1.165, 1.54) is 12.3 Å². The fourth-order valence-electron chi connectivity index (χ4n) is 1.88. The summed E-state index contributed by atoms with van der Waals surface area (Å²) in [5.41, 5.74) is 0.852. The van der Waals surface area contributed by atoms with Crippen molar-refractivity contribution in [2.75, 3.05) is 5.32 Å². The third-order valence-electron chi connectivity index (χ3n) is 2.94. The van der Waals surface area contributed by atoms with E-state index in [1.54, 1.807) is 24.5 Å². The molecule has 6 nitrogen and oxygen atoms in total. The molecule has 3 aromatic heterocycles. The quantitative estimate of drug-likeness (QED) is 0.807. The first-order chi connectivity index (χ1) is 10.1. The van der Waals surface area contributed by atoms with Crippen LogP contribution in [0.25, 0.3) is 5.82 Å². The second-order valence-corrected chi connectivity index (χ2v) is 4.65. The van der Waals surface area contributed by atoms with E-state index >= 15 is 0 Å². The first kappa shape index (κ1) is 13.4. The molecule has 0 unspecified atom stereocenters. The van der Waals surface area contributed by atoms with Crippen LogP contribution in [0.1, 0.15) is 16.2 Å². The molecule has 0 atom stereocenters. The summed E-state index contributed by atoms with van der Waals surface area (Å²) in [6, 6.07) is 5.06. The molecule has 3 heterocycles. The van der Waals surface area contributed by atoms with E-state index in [1.807, 2.05) is 17.7 Å². The van der Waals surface area contributed by atoms with Crippen LogP contribution in [-0.2, 0) is 0 Å². The monoisotopic (exact) mass is 302 g/mol. The molecule has 0 saturated heterocycles. The number of hydrogen-bond donors (Lipinski definition) is 1. The predicted molar refractivity (Wildman–Crippen MR) is 77.8 cm³/mol. The highest BCUT2D eigenvalue weighted by Crippen LogP contribution is 2.18. The third kappa shape index (κ3) is 2.66. The number of pyridine rings is 1. The van der Waals surface area contributed by atoms with Gasteiger partial charge in [-0.3, -0.25) is 9.36 Å². The van der Waals surface area contributed by atoms with Gasteiger partial charge < -0.3 is 9.73 Å². The molecule has 0 aromatic carbocycles. The van der Waals surface area contributed by atoms with Crippen LogP contribution in [0.15, 0.2) is 47.5 Å². The number of furan rings is 1. The smallest absolute Gasteiger partial charge is 0.260 e. The topological polar surface area (TPSA) is 73.0 Å². The Kier molecular flexibility index (Phi) is 3.45. The van der Waals surface area contributed by atoms with Crippen LogP contribution in [0.2, 0.25) is 5.22 Å². The number of nitrogens with one attached hydrogen (secondary N) is 1. The highest BCUT2D eigenvalue weighted by Gasteiger charge is 2.13. The SMILES string of the molecule is Cc1nccn1-c1ccc(NC(=O)c2ccoc2Cl)cn1. The largest absolute Gasteiger partial charge is 0.452 e. The zero-order chi connectivity index (χ0) is 14.8. The van der Waals surface area contributed by atoms with Crippen molar-refractivity contribution in [3.63, 3.8) is 0 Å². The standard InChI is InChI=1S/C14H11ClN4O2/c1-9-16-5-6-19(9)12-3-2-10(8-17-12)18-14(20)11-4-7-21-13(11)15/h2-8H,1H3,(H,18,20). The number of amides is 1. The van der Waals surface area contributed by atoms with Gasteiger partial charge in [0.25, 0.3) is 5.91 Å². The maximum atomic E-state index is 12.0. The van der Waals surface area contributed by atoms with Gasteiger partial charge in [-0.1, -0.05) is 0 Å². The first-order valence-electron chi connectivity index (χ1n) is 6.16. The van der Waals surface area contributed by atoms with Crippen LogP contribution in [0.5, 0.6) is 0 Å². The Balaban J connectivity index is 1.78. The number of rotatable bonds is 3. The molecule has 21 heavy (non-hydrogen) atoms. The average molecular weight is 303 g/mol. The molecule has 3 rings (SSSR count). The van der Waals surface area contributed by atoms with Crippen LogP contribution in [0.3, 0.4) is 0 Å². The Morgan fingerprint density at radius 2 is 2.19 bits per heavy atom. The van der Waals surface area contributed by atoms with Crippen molar-refractivity contribution in [2.45, 2.75) is 6.92 Å². The van der Waals surface area contributed by atoms with Crippen LogP contribution in [0, 0.1) is 6.92 Å². The lowest BCUT2D eigenvalue weighted by Gasteiger charge is -2.06. The lowest BCUT2D eigenvalue weighted by atomic mass is 10.3. The molecule has 3 aromatic rings. The number of carbonyl (C=O) groups is 1. The lowest BCUT2D eigenvalue weighted by molar-refractivity contribution is 0.102. The second kappa shape index (κ2) is 5.41. The normalized spacial score (nSPS) is 10.6. The summed E-state index contributed by atoms with van der Waals surface area (Å²) >= 11 is 5.76. The molecule has 0 saturated carbocycles. The molecule has 0 fully saturated rings. The van der Waals surface area contributed by atoms with Crippen LogP contribution in [0.4, 0.5) is 5.69 Å². The number of hydrogen-bond acceptors (Lipinski definition) is 4. The van der Waals surface area contributed by atoms with Gasteiger partial charge in [-0.25, -0.2) is 9.97 Å². The average Bonchev–Trinajstić information content (AvgIpc) is 3.08. The number of aromatic nitrogens is 3. The van der Waals surface area contributed by atoms with Gasteiger partial charge in [-0.2, -0.15) is 0 Å². The fraction of sp³-hybridized carbons (Fsp3) is 0.0714. The molecule has 106 valence electrons. The van der Waals surface area contributed by atoms with Crippen molar-refractivity contribution >= 4 is 23.2 Å². The van der Waals surface area contributed by atoms with Gasteiger partial charge in [0, 0.05) is 12.4 Å². The number of carbonyl (C=O) groups excluding carboxylic acids is 1. The van der Waals surface area contributed by atoms with Crippen LogP contribution < -0.4 is 5.32 Å². The Hall–Kier alpha value is -2.60.